The van der Waals surface area contributed by atoms with Crippen LogP contribution < -0.4 is 10.1 Å². The minimum Gasteiger partial charge on any atom is -0.484 e. The van der Waals surface area contributed by atoms with Gasteiger partial charge in [0, 0.05) is 5.02 Å². The first kappa shape index (κ1) is 12.2. The maximum absolute atomic E-state index is 11.8. The van der Waals surface area contributed by atoms with Crippen molar-refractivity contribution in [1.29, 1.82) is 0 Å². The van der Waals surface area contributed by atoms with Gasteiger partial charge in [-0.3, -0.25) is 4.79 Å². The number of ether oxygens (including phenoxy) is 1. The van der Waals surface area contributed by atoms with Crippen molar-refractivity contribution in [3.63, 3.8) is 0 Å². The zero-order valence-corrected chi connectivity index (χ0v) is 10.3. The molecule has 1 aliphatic rings. The molecule has 0 unspecified atom stereocenters. The van der Waals surface area contributed by atoms with Gasteiger partial charge in [0.25, 0.3) is 5.91 Å². The standard InChI is InChI=1S/C12H15ClN2O2/c13-10-1-3-11(4-2-10)17-9-12(16)15-7-5-14-6-8-15/h1-4,14H,5-9H2/p+1. The molecule has 1 aromatic rings. The van der Waals surface area contributed by atoms with Gasteiger partial charge < -0.3 is 15.0 Å². The summed E-state index contributed by atoms with van der Waals surface area (Å²) in [6, 6.07) is 7.02. The van der Waals surface area contributed by atoms with E-state index < -0.39 is 0 Å². The SMILES string of the molecule is O=C(COc1ccc(Cl)cc1)N1CC[NH2+]CC1. The van der Waals surface area contributed by atoms with Gasteiger partial charge in [-0.25, -0.2) is 0 Å². The first-order valence-electron chi connectivity index (χ1n) is 5.73. The molecule has 0 saturated carbocycles. The Hall–Kier alpha value is -1.26. The molecule has 4 nitrogen and oxygen atoms in total. The van der Waals surface area contributed by atoms with Crippen molar-refractivity contribution in [2.24, 2.45) is 0 Å². The van der Waals surface area contributed by atoms with Crippen molar-refractivity contribution < 1.29 is 14.8 Å². The second-order valence-corrected chi connectivity index (χ2v) is 4.43. The predicted octanol–water partition coefficient (Wildman–Crippen LogP) is 0.124. The van der Waals surface area contributed by atoms with Crippen LogP contribution in [0.1, 0.15) is 0 Å². The van der Waals surface area contributed by atoms with Crippen molar-refractivity contribution in [3.8, 4) is 5.75 Å². The lowest BCUT2D eigenvalue weighted by Crippen LogP contribution is -2.90. The maximum Gasteiger partial charge on any atom is 0.260 e. The van der Waals surface area contributed by atoms with Gasteiger partial charge in [0.2, 0.25) is 0 Å². The van der Waals surface area contributed by atoms with E-state index in [4.69, 9.17) is 16.3 Å². The fourth-order valence-corrected chi connectivity index (χ4v) is 1.89. The highest BCUT2D eigenvalue weighted by molar-refractivity contribution is 6.30. The Morgan fingerprint density at radius 2 is 1.94 bits per heavy atom. The summed E-state index contributed by atoms with van der Waals surface area (Å²) in [7, 11) is 0. The summed E-state index contributed by atoms with van der Waals surface area (Å²) in [5.74, 6) is 0.722. The Balaban J connectivity index is 1.81. The molecule has 1 aromatic carbocycles. The lowest BCUT2D eigenvalue weighted by Gasteiger charge is -2.25. The minimum absolute atomic E-state index is 0.0491. The first-order valence-corrected chi connectivity index (χ1v) is 6.11. The number of carbonyl (C=O) groups is 1. The van der Waals surface area contributed by atoms with E-state index in [-0.39, 0.29) is 12.5 Å². The molecule has 0 atom stereocenters. The highest BCUT2D eigenvalue weighted by atomic mass is 35.5. The molecule has 0 radical (unpaired) electrons. The molecule has 1 heterocycles. The monoisotopic (exact) mass is 255 g/mol. The van der Waals surface area contributed by atoms with E-state index in [1.54, 1.807) is 24.3 Å². The largest absolute Gasteiger partial charge is 0.484 e. The summed E-state index contributed by atoms with van der Waals surface area (Å²) < 4.78 is 5.42. The van der Waals surface area contributed by atoms with Gasteiger partial charge in [-0.1, -0.05) is 11.6 Å². The smallest absolute Gasteiger partial charge is 0.260 e. The summed E-state index contributed by atoms with van der Waals surface area (Å²) in [5, 5.41) is 2.87. The van der Waals surface area contributed by atoms with E-state index in [1.165, 1.54) is 0 Å². The molecule has 1 amide bonds. The molecule has 0 bridgehead atoms. The van der Waals surface area contributed by atoms with Gasteiger partial charge in [0.05, 0.1) is 26.2 Å². The summed E-state index contributed by atoms with van der Waals surface area (Å²) >= 11 is 5.76. The summed E-state index contributed by atoms with van der Waals surface area (Å²) in [6.45, 7) is 3.67. The lowest BCUT2D eigenvalue weighted by molar-refractivity contribution is -0.662. The predicted molar refractivity (Wildman–Crippen MR) is 65.2 cm³/mol. The summed E-state index contributed by atoms with van der Waals surface area (Å²) in [4.78, 5) is 13.6. The van der Waals surface area contributed by atoms with E-state index in [2.05, 4.69) is 5.32 Å². The number of quaternary nitrogens is 1. The molecule has 0 aliphatic carbocycles. The van der Waals surface area contributed by atoms with Gasteiger partial charge in [-0.2, -0.15) is 0 Å². The minimum atomic E-state index is 0.0491. The van der Waals surface area contributed by atoms with Crippen LogP contribution in [0.2, 0.25) is 5.02 Å². The Kier molecular flexibility index (Phi) is 4.23. The van der Waals surface area contributed by atoms with Gasteiger partial charge >= 0.3 is 0 Å². The Bertz CT molecular complexity index is 375. The summed E-state index contributed by atoms with van der Waals surface area (Å²) in [5.41, 5.74) is 0. The molecule has 0 aromatic heterocycles. The molecule has 1 aliphatic heterocycles. The average Bonchev–Trinajstić information content (AvgIpc) is 2.39. The average molecular weight is 256 g/mol. The van der Waals surface area contributed by atoms with Gasteiger partial charge in [-0.15, -0.1) is 0 Å². The number of piperazine rings is 1. The molecule has 2 rings (SSSR count). The third kappa shape index (κ3) is 3.61. The number of halogens is 1. The normalized spacial score (nSPS) is 15.7. The third-order valence-electron chi connectivity index (χ3n) is 2.73. The highest BCUT2D eigenvalue weighted by Gasteiger charge is 2.18. The zero-order chi connectivity index (χ0) is 12.1. The molecular formula is C12H16ClN2O2+. The van der Waals surface area contributed by atoms with Crippen molar-refractivity contribution in [2.45, 2.75) is 0 Å². The lowest BCUT2D eigenvalue weighted by atomic mass is 10.3. The second-order valence-electron chi connectivity index (χ2n) is 3.99. The molecule has 5 heteroatoms. The number of hydrogen-bond donors (Lipinski definition) is 1. The van der Waals surface area contributed by atoms with Crippen LogP contribution in [0.25, 0.3) is 0 Å². The maximum atomic E-state index is 11.8. The number of benzene rings is 1. The number of nitrogens with zero attached hydrogens (tertiary/aromatic N) is 1. The van der Waals surface area contributed by atoms with Crippen LogP contribution in [0.4, 0.5) is 0 Å². The van der Waals surface area contributed by atoms with E-state index in [9.17, 15) is 4.79 Å². The van der Waals surface area contributed by atoms with E-state index in [1.807, 2.05) is 4.90 Å². The quantitative estimate of drug-likeness (QED) is 0.834. The fraction of sp³-hybridized carbons (Fsp3) is 0.417. The Labute approximate surface area is 106 Å². The molecule has 1 fully saturated rings. The van der Waals surface area contributed by atoms with E-state index >= 15 is 0 Å². The molecule has 0 spiro atoms. The molecule has 17 heavy (non-hydrogen) atoms. The van der Waals surface area contributed by atoms with Crippen molar-refractivity contribution in [1.82, 2.24) is 4.90 Å². The number of rotatable bonds is 3. The number of nitrogens with two attached hydrogens (primary N) is 1. The summed E-state index contributed by atoms with van der Waals surface area (Å²) in [6.07, 6.45) is 0. The fourth-order valence-electron chi connectivity index (χ4n) is 1.77. The Morgan fingerprint density at radius 1 is 1.29 bits per heavy atom. The van der Waals surface area contributed by atoms with Gasteiger partial charge in [0.1, 0.15) is 5.75 Å². The van der Waals surface area contributed by atoms with Crippen LogP contribution in [-0.4, -0.2) is 43.6 Å². The van der Waals surface area contributed by atoms with Crippen LogP contribution in [-0.2, 0) is 4.79 Å². The Morgan fingerprint density at radius 3 is 2.59 bits per heavy atom. The first-order chi connectivity index (χ1) is 8.25. The van der Waals surface area contributed by atoms with Crippen LogP contribution in [0, 0.1) is 0 Å². The molecule has 2 N–H and O–H groups in total. The van der Waals surface area contributed by atoms with Crippen LogP contribution >= 0.6 is 11.6 Å². The van der Waals surface area contributed by atoms with E-state index in [0.29, 0.717) is 10.8 Å². The molecule has 92 valence electrons. The van der Waals surface area contributed by atoms with Crippen molar-refractivity contribution >= 4 is 17.5 Å². The molecule has 1 saturated heterocycles. The zero-order valence-electron chi connectivity index (χ0n) is 9.56. The molecular weight excluding hydrogens is 240 g/mol. The number of amides is 1. The van der Waals surface area contributed by atoms with Crippen LogP contribution in [0.3, 0.4) is 0 Å². The van der Waals surface area contributed by atoms with Crippen LogP contribution in [0.5, 0.6) is 5.75 Å². The van der Waals surface area contributed by atoms with Crippen molar-refractivity contribution in [3.05, 3.63) is 29.3 Å². The topological polar surface area (TPSA) is 46.1 Å². The van der Waals surface area contributed by atoms with Crippen LogP contribution in [0.15, 0.2) is 24.3 Å². The third-order valence-corrected chi connectivity index (χ3v) is 2.99. The van der Waals surface area contributed by atoms with Gasteiger partial charge in [-0.05, 0) is 24.3 Å². The van der Waals surface area contributed by atoms with E-state index in [0.717, 1.165) is 26.2 Å². The van der Waals surface area contributed by atoms with Crippen molar-refractivity contribution in [2.75, 3.05) is 32.8 Å². The second kappa shape index (κ2) is 5.89. The number of carbonyl (C=O) groups excluding carboxylic acids is 1. The number of hydrogen-bond acceptors (Lipinski definition) is 2. The van der Waals surface area contributed by atoms with Gasteiger partial charge in [0.15, 0.2) is 6.61 Å². The highest BCUT2D eigenvalue weighted by Crippen LogP contribution is 2.15.